The molecule has 2 atom stereocenters. The predicted octanol–water partition coefficient (Wildman–Crippen LogP) is 0.912. The lowest BCUT2D eigenvalue weighted by molar-refractivity contribution is -0.0152. The van der Waals surface area contributed by atoms with Crippen LogP contribution in [0.3, 0.4) is 0 Å². The molecule has 2 unspecified atom stereocenters. The number of carbonyl (C=O) groups excluding carboxylic acids is 1. The van der Waals surface area contributed by atoms with Crippen molar-refractivity contribution in [3.05, 3.63) is 35.4 Å². The molecular formula is C13H18O4. The Kier molecular flexibility index (Phi) is 4.81. The number of hydrogen-bond donors (Lipinski definition) is 3. The van der Waals surface area contributed by atoms with Crippen molar-refractivity contribution in [3.8, 4) is 0 Å². The Morgan fingerprint density at radius 1 is 1.18 bits per heavy atom. The number of benzene rings is 1. The maximum atomic E-state index is 11.7. The highest BCUT2D eigenvalue weighted by Gasteiger charge is 2.18. The van der Waals surface area contributed by atoms with E-state index in [0.717, 1.165) is 0 Å². The van der Waals surface area contributed by atoms with Crippen LogP contribution in [0.15, 0.2) is 24.3 Å². The quantitative estimate of drug-likeness (QED) is 0.666. The van der Waals surface area contributed by atoms with Gasteiger partial charge < -0.3 is 15.3 Å². The van der Waals surface area contributed by atoms with Gasteiger partial charge in [0, 0.05) is 11.5 Å². The van der Waals surface area contributed by atoms with E-state index in [-0.39, 0.29) is 11.7 Å². The van der Waals surface area contributed by atoms with Gasteiger partial charge in [0.25, 0.3) is 0 Å². The lowest BCUT2D eigenvalue weighted by Gasteiger charge is -2.16. The Labute approximate surface area is 101 Å². The van der Waals surface area contributed by atoms with Crippen molar-refractivity contribution in [2.45, 2.75) is 26.1 Å². The fourth-order valence-electron chi connectivity index (χ4n) is 1.50. The standard InChI is InChI=1S/C13H18O4/c1-8(2)12(16)9-3-5-10(6-4-9)13(17)11(15)7-14/h3-6,8,11,13-15,17H,7H2,1-2H3. The summed E-state index contributed by atoms with van der Waals surface area (Å²) in [6.07, 6.45) is -2.34. The van der Waals surface area contributed by atoms with Crippen LogP contribution in [0.1, 0.15) is 35.9 Å². The van der Waals surface area contributed by atoms with Gasteiger partial charge in [-0.3, -0.25) is 4.79 Å². The maximum absolute atomic E-state index is 11.7. The van der Waals surface area contributed by atoms with Crippen LogP contribution < -0.4 is 0 Å². The van der Waals surface area contributed by atoms with Gasteiger partial charge in [0.15, 0.2) is 5.78 Å². The van der Waals surface area contributed by atoms with Gasteiger partial charge in [-0.15, -0.1) is 0 Å². The summed E-state index contributed by atoms with van der Waals surface area (Å²) in [5.41, 5.74) is 1.06. The summed E-state index contributed by atoms with van der Waals surface area (Å²) in [5, 5.41) is 27.6. The van der Waals surface area contributed by atoms with E-state index < -0.39 is 18.8 Å². The minimum atomic E-state index is -1.21. The number of aliphatic hydroxyl groups excluding tert-OH is 3. The van der Waals surface area contributed by atoms with Crippen LogP contribution in [-0.2, 0) is 0 Å². The molecule has 0 fully saturated rings. The number of aliphatic hydroxyl groups is 3. The van der Waals surface area contributed by atoms with Crippen LogP contribution >= 0.6 is 0 Å². The average molecular weight is 238 g/mol. The first-order valence-electron chi connectivity index (χ1n) is 5.58. The van der Waals surface area contributed by atoms with Crippen molar-refractivity contribution in [2.24, 2.45) is 5.92 Å². The van der Waals surface area contributed by atoms with Gasteiger partial charge in [-0.25, -0.2) is 0 Å². The normalized spacial score (nSPS) is 14.7. The summed E-state index contributed by atoms with van der Waals surface area (Å²) in [5.74, 6) is -0.0393. The van der Waals surface area contributed by atoms with Gasteiger partial charge in [-0.2, -0.15) is 0 Å². The summed E-state index contributed by atoms with van der Waals surface area (Å²) in [4.78, 5) is 11.7. The van der Waals surface area contributed by atoms with E-state index in [2.05, 4.69) is 0 Å². The van der Waals surface area contributed by atoms with Crippen LogP contribution in [0.2, 0.25) is 0 Å². The van der Waals surface area contributed by atoms with Crippen LogP contribution in [0.4, 0.5) is 0 Å². The first-order valence-corrected chi connectivity index (χ1v) is 5.58. The number of hydrogen-bond acceptors (Lipinski definition) is 4. The molecule has 4 heteroatoms. The van der Waals surface area contributed by atoms with E-state index in [1.807, 2.05) is 13.8 Å². The Morgan fingerprint density at radius 2 is 1.71 bits per heavy atom. The summed E-state index contributed by atoms with van der Waals surface area (Å²) in [7, 11) is 0. The largest absolute Gasteiger partial charge is 0.394 e. The zero-order valence-electron chi connectivity index (χ0n) is 10.00. The van der Waals surface area contributed by atoms with Crippen LogP contribution in [0.5, 0.6) is 0 Å². The molecule has 0 bridgehead atoms. The molecule has 94 valence electrons. The molecule has 0 saturated carbocycles. The first kappa shape index (κ1) is 13.8. The van der Waals surface area contributed by atoms with Crippen LogP contribution in [0, 0.1) is 5.92 Å². The highest BCUT2D eigenvalue weighted by atomic mass is 16.4. The molecule has 0 amide bonds. The monoisotopic (exact) mass is 238 g/mol. The third-order valence-electron chi connectivity index (χ3n) is 2.61. The number of ketones is 1. The molecule has 17 heavy (non-hydrogen) atoms. The highest BCUT2D eigenvalue weighted by Crippen LogP contribution is 2.18. The van der Waals surface area contributed by atoms with E-state index in [4.69, 9.17) is 5.11 Å². The van der Waals surface area contributed by atoms with Gasteiger partial charge >= 0.3 is 0 Å². The molecule has 0 aliphatic heterocycles. The van der Waals surface area contributed by atoms with E-state index in [0.29, 0.717) is 11.1 Å². The Hall–Kier alpha value is -1.23. The molecule has 0 spiro atoms. The maximum Gasteiger partial charge on any atom is 0.165 e. The number of rotatable bonds is 5. The predicted molar refractivity (Wildman–Crippen MR) is 63.7 cm³/mol. The number of Topliss-reactive ketones (excluding diaryl/α,β-unsaturated/α-hetero) is 1. The van der Waals surface area contributed by atoms with Gasteiger partial charge in [0.2, 0.25) is 0 Å². The zero-order valence-corrected chi connectivity index (χ0v) is 10.00. The Morgan fingerprint density at radius 3 is 2.12 bits per heavy atom. The van der Waals surface area contributed by atoms with Gasteiger partial charge in [0.05, 0.1) is 6.61 Å². The SMILES string of the molecule is CC(C)C(=O)c1ccc(C(O)C(O)CO)cc1. The topological polar surface area (TPSA) is 77.8 Å². The lowest BCUT2D eigenvalue weighted by Crippen LogP contribution is -2.22. The fourth-order valence-corrected chi connectivity index (χ4v) is 1.50. The second kappa shape index (κ2) is 5.91. The molecule has 0 saturated heterocycles. The third-order valence-corrected chi connectivity index (χ3v) is 2.61. The van der Waals surface area contributed by atoms with E-state index >= 15 is 0 Å². The molecule has 0 aliphatic rings. The van der Waals surface area contributed by atoms with Gasteiger partial charge in [-0.05, 0) is 5.56 Å². The molecule has 0 aliphatic carbocycles. The number of carbonyl (C=O) groups is 1. The molecule has 0 aromatic heterocycles. The van der Waals surface area contributed by atoms with Crippen molar-refractivity contribution in [2.75, 3.05) is 6.61 Å². The summed E-state index contributed by atoms with van der Waals surface area (Å²) in [6.45, 7) is 3.13. The third kappa shape index (κ3) is 3.36. The van der Waals surface area contributed by atoms with E-state index in [1.54, 1.807) is 24.3 Å². The smallest absolute Gasteiger partial charge is 0.165 e. The second-order valence-electron chi connectivity index (χ2n) is 4.34. The molecule has 4 nitrogen and oxygen atoms in total. The van der Waals surface area contributed by atoms with Gasteiger partial charge in [-0.1, -0.05) is 38.1 Å². The van der Waals surface area contributed by atoms with Crippen molar-refractivity contribution in [1.82, 2.24) is 0 Å². The molecule has 1 aromatic rings. The Bertz CT molecular complexity index is 370. The second-order valence-corrected chi connectivity index (χ2v) is 4.34. The van der Waals surface area contributed by atoms with Crippen molar-refractivity contribution in [3.63, 3.8) is 0 Å². The van der Waals surface area contributed by atoms with Crippen molar-refractivity contribution >= 4 is 5.78 Å². The summed E-state index contributed by atoms with van der Waals surface area (Å²) in [6, 6.07) is 6.40. The van der Waals surface area contributed by atoms with Crippen LogP contribution in [0.25, 0.3) is 0 Å². The van der Waals surface area contributed by atoms with E-state index in [1.165, 1.54) is 0 Å². The Balaban J connectivity index is 2.84. The molecule has 0 heterocycles. The molecule has 3 N–H and O–H groups in total. The lowest BCUT2D eigenvalue weighted by atomic mass is 9.97. The van der Waals surface area contributed by atoms with Crippen molar-refractivity contribution < 1.29 is 20.1 Å². The molecule has 0 radical (unpaired) electrons. The fraction of sp³-hybridized carbons (Fsp3) is 0.462. The first-order chi connectivity index (χ1) is 7.97. The summed E-state index contributed by atoms with van der Waals surface area (Å²) < 4.78 is 0. The van der Waals surface area contributed by atoms with Crippen LogP contribution in [-0.4, -0.2) is 33.8 Å². The minimum Gasteiger partial charge on any atom is -0.394 e. The molecule has 1 rings (SSSR count). The van der Waals surface area contributed by atoms with E-state index in [9.17, 15) is 15.0 Å². The summed E-state index contributed by atoms with van der Waals surface area (Å²) >= 11 is 0. The molecule has 1 aromatic carbocycles. The van der Waals surface area contributed by atoms with Crippen molar-refractivity contribution in [1.29, 1.82) is 0 Å². The zero-order chi connectivity index (χ0) is 13.0. The highest BCUT2D eigenvalue weighted by molar-refractivity contribution is 5.97. The minimum absolute atomic E-state index is 0.0359. The van der Waals surface area contributed by atoms with Gasteiger partial charge in [0.1, 0.15) is 12.2 Å². The average Bonchev–Trinajstić information content (AvgIpc) is 2.36. The molecular weight excluding hydrogens is 220 g/mol.